The molecule has 176 valence electrons. The fourth-order valence-electron chi connectivity index (χ4n) is 4.71. The molecule has 1 heterocycles. The van der Waals surface area contributed by atoms with Crippen molar-refractivity contribution in [1.82, 2.24) is 20.4 Å². The molecule has 0 aromatic heterocycles. The van der Waals surface area contributed by atoms with Crippen molar-refractivity contribution < 1.29 is 4.79 Å². The summed E-state index contributed by atoms with van der Waals surface area (Å²) in [5.41, 5.74) is 4.24. The van der Waals surface area contributed by atoms with E-state index in [-0.39, 0.29) is 12.5 Å². The molecular weight excluding hydrogens is 410 g/mol. The predicted molar refractivity (Wildman–Crippen MR) is 134 cm³/mol. The molecule has 1 aliphatic carbocycles. The first-order valence-electron chi connectivity index (χ1n) is 12.2. The Morgan fingerprint density at radius 1 is 0.939 bits per heavy atom. The maximum atomic E-state index is 12.2. The summed E-state index contributed by atoms with van der Waals surface area (Å²) in [5.74, 6) is 0.791. The van der Waals surface area contributed by atoms with E-state index in [1.165, 1.54) is 16.7 Å². The predicted octanol–water partition coefficient (Wildman–Crippen LogP) is 2.83. The number of amides is 1. The van der Waals surface area contributed by atoms with E-state index in [0.717, 1.165) is 57.7 Å². The van der Waals surface area contributed by atoms with Crippen LogP contribution in [-0.4, -0.2) is 67.5 Å². The van der Waals surface area contributed by atoms with Crippen LogP contribution in [0.4, 0.5) is 0 Å². The topological polar surface area (TPSA) is 60.0 Å². The monoisotopic (exact) mass is 447 g/mol. The molecule has 1 amide bonds. The molecule has 1 saturated heterocycles. The minimum atomic E-state index is 0.0165. The number of carbonyl (C=O) groups is 1. The lowest BCUT2D eigenvalue weighted by molar-refractivity contribution is -0.127. The summed E-state index contributed by atoms with van der Waals surface area (Å²) in [4.78, 5) is 21.0. The molecule has 6 nitrogen and oxygen atoms in total. The van der Waals surface area contributed by atoms with E-state index in [1.54, 1.807) is 19.0 Å². The second-order valence-electron chi connectivity index (χ2n) is 9.49. The van der Waals surface area contributed by atoms with Crippen molar-refractivity contribution in [2.45, 2.75) is 50.7 Å². The highest BCUT2D eigenvalue weighted by Crippen LogP contribution is 2.21. The van der Waals surface area contributed by atoms with Gasteiger partial charge in [-0.05, 0) is 48.8 Å². The Hall–Kier alpha value is -2.86. The molecule has 1 aliphatic heterocycles. The maximum Gasteiger partial charge on any atom is 0.243 e. The van der Waals surface area contributed by atoms with Gasteiger partial charge in [0.05, 0.1) is 0 Å². The summed E-state index contributed by atoms with van der Waals surface area (Å²) in [6.45, 7) is 3.30. The van der Waals surface area contributed by atoms with Crippen LogP contribution in [0.15, 0.2) is 59.6 Å². The molecule has 1 fully saturated rings. The lowest BCUT2D eigenvalue weighted by Gasteiger charge is -2.34. The molecule has 2 aliphatic rings. The number of hydrogen-bond acceptors (Lipinski definition) is 3. The molecule has 4 rings (SSSR count). The fourth-order valence-corrected chi connectivity index (χ4v) is 4.71. The average Bonchev–Trinajstić information content (AvgIpc) is 2.84. The standard InChI is InChI=1S/C27H37N5O/c1-31(2)26(33)19-28-27(30-25-13-12-22-10-6-7-11-23(22)18-25)29-24-14-16-32(17-15-24)20-21-8-4-3-5-9-21/h3-11,24-25H,12-20H2,1-2H3,(H2,28,29,30). The zero-order chi connectivity index (χ0) is 23.0. The normalized spacial score (nSPS) is 19.6. The Morgan fingerprint density at radius 2 is 1.61 bits per heavy atom. The van der Waals surface area contributed by atoms with Crippen LogP contribution in [-0.2, 0) is 24.2 Å². The molecule has 2 aromatic carbocycles. The number of rotatable bonds is 6. The van der Waals surface area contributed by atoms with Crippen LogP contribution in [0.3, 0.4) is 0 Å². The van der Waals surface area contributed by atoms with Crippen molar-refractivity contribution in [3.05, 3.63) is 71.3 Å². The van der Waals surface area contributed by atoms with Crippen LogP contribution in [0.2, 0.25) is 0 Å². The zero-order valence-corrected chi connectivity index (χ0v) is 20.0. The van der Waals surface area contributed by atoms with Crippen molar-refractivity contribution in [3.63, 3.8) is 0 Å². The number of guanidine groups is 1. The second-order valence-corrected chi connectivity index (χ2v) is 9.49. The molecule has 33 heavy (non-hydrogen) atoms. The Labute approximate surface area is 198 Å². The number of piperidine rings is 1. The lowest BCUT2D eigenvalue weighted by atomic mass is 9.88. The van der Waals surface area contributed by atoms with Crippen molar-refractivity contribution in [3.8, 4) is 0 Å². The van der Waals surface area contributed by atoms with E-state index in [1.807, 2.05) is 0 Å². The third-order valence-electron chi connectivity index (χ3n) is 6.74. The highest BCUT2D eigenvalue weighted by molar-refractivity contribution is 5.85. The smallest absolute Gasteiger partial charge is 0.243 e. The number of nitrogens with zero attached hydrogens (tertiary/aromatic N) is 3. The van der Waals surface area contributed by atoms with Crippen LogP contribution < -0.4 is 10.6 Å². The summed E-state index contributed by atoms with van der Waals surface area (Å²) in [5, 5.41) is 7.29. The van der Waals surface area contributed by atoms with Gasteiger partial charge in [-0.3, -0.25) is 9.69 Å². The van der Waals surface area contributed by atoms with Gasteiger partial charge in [0.25, 0.3) is 0 Å². The summed E-state index contributed by atoms with van der Waals surface area (Å²) in [7, 11) is 3.55. The van der Waals surface area contributed by atoms with Crippen molar-refractivity contribution in [1.29, 1.82) is 0 Å². The number of fused-ring (bicyclic) bond motifs is 1. The van der Waals surface area contributed by atoms with Gasteiger partial charge in [0.2, 0.25) is 5.91 Å². The average molecular weight is 448 g/mol. The van der Waals surface area contributed by atoms with E-state index in [0.29, 0.717) is 12.1 Å². The van der Waals surface area contributed by atoms with E-state index in [4.69, 9.17) is 0 Å². The highest BCUT2D eigenvalue weighted by Gasteiger charge is 2.23. The van der Waals surface area contributed by atoms with E-state index in [9.17, 15) is 4.79 Å². The number of likely N-dealkylation sites (N-methyl/N-ethyl adjacent to an activating group) is 1. The molecule has 0 saturated carbocycles. The Kier molecular flexibility index (Phi) is 8.00. The largest absolute Gasteiger partial charge is 0.354 e. The summed E-state index contributed by atoms with van der Waals surface area (Å²) >= 11 is 0. The summed E-state index contributed by atoms with van der Waals surface area (Å²) in [6, 6.07) is 20.1. The summed E-state index contributed by atoms with van der Waals surface area (Å²) < 4.78 is 0. The first-order valence-corrected chi connectivity index (χ1v) is 12.2. The van der Waals surface area contributed by atoms with E-state index < -0.39 is 0 Å². The minimum Gasteiger partial charge on any atom is -0.354 e. The van der Waals surface area contributed by atoms with Crippen LogP contribution in [0.1, 0.15) is 36.0 Å². The Morgan fingerprint density at radius 3 is 2.33 bits per heavy atom. The molecule has 0 radical (unpaired) electrons. The summed E-state index contributed by atoms with van der Waals surface area (Å²) in [6.07, 6.45) is 5.30. The van der Waals surface area contributed by atoms with Gasteiger partial charge in [-0.1, -0.05) is 54.6 Å². The number of aliphatic imine (C=N–C) groups is 1. The van der Waals surface area contributed by atoms with Gasteiger partial charge in [0, 0.05) is 45.8 Å². The van der Waals surface area contributed by atoms with E-state index >= 15 is 0 Å². The number of carbonyl (C=O) groups excluding carboxylic acids is 1. The van der Waals surface area contributed by atoms with Crippen LogP contribution >= 0.6 is 0 Å². The number of likely N-dealkylation sites (tertiary alicyclic amines) is 1. The Bertz CT molecular complexity index is 935. The molecular formula is C27H37N5O. The van der Waals surface area contributed by atoms with Gasteiger partial charge in [0.1, 0.15) is 6.54 Å². The van der Waals surface area contributed by atoms with Crippen LogP contribution in [0.25, 0.3) is 0 Å². The van der Waals surface area contributed by atoms with Gasteiger partial charge in [-0.2, -0.15) is 0 Å². The second kappa shape index (κ2) is 11.3. The maximum absolute atomic E-state index is 12.2. The first kappa shape index (κ1) is 23.3. The van der Waals surface area contributed by atoms with Gasteiger partial charge in [-0.15, -0.1) is 0 Å². The molecule has 0 bridgehead atoms. The van der Waals surface area contributed by atoms with Crippen molar-refractivity contribution >= 4 is 11.9 Å². The molecule has 1 unspecified atom stereocenters. The van der Waals surface area contributed by atoms with Crippen molar-refractivity contribution in [2.24, 2.45) is 4.99 Å². The number of benzene rings is 2. The highest BCUT2D eigenvalue weighted by atomic mass is 16.2. The zero-order valence-electron chi connectivity index (χ0n) is 20.0. The molecule has 2 aromatic rings. The molecule has 1 atom stereocenters. The fraction of sp³-hybridized carbons (Fsp3) is 0.481. The van der Waals surface area contributed by atoms with Crippen LogP contribution in [0.5, 0.6) is 0 Å². The number of nitrogens with one attached hydrogen (secondary N) is 2. The van der Waals surface area contributed by atoms with Gasteiger partial charge >= 0.3 is 0 Å². The first-order chi connectivity index (χ1) is 16.1. The molecule has 0 spiro atoms. The SMILES string of the molecule is CN(C)C(=O)CN=C(NC1CCN(Cc2ccccc2)CC1)NC1CCc2ccccc2C1. The van der Waals surface area contributed by atoms with Gasteiger partial charge in [-0.25, -0.2) is 4.99 Å². The Balaban J connectivity index is 1.34. The third kappa shape index (κ3) is 6.81. The van der Waals surface area contributed by atoms with Crippen LogP contribution in [0, 0.1) is 0 Å². The molecule has 6 heteroatoms. The van der Waals surface area contributed by atoms with E-state index in [2.05, 4.69) is 75.1 Å². The number of aryl methyl sites for hydroxylation is 1. The lowest BCUT2D eigenvalue weighted by Crippen LogP contribution is -2.52. The molecule has 2 N–H and O–H groups in total. The van der Waals surface area contributed by atoms with Gasteiger partial charge < -0.3 is 15.5 Å². The number of hydrogen-bond donors (Lipinski definition) is 2. The quantitative estimate of drug-likeness (QED) is 0.528. The third-order valence-corrected chi connectivity index (χ3v) is 6.74. The van der Waals surface area contributed by atoms with Crippen molar-refractivity contribution in [2.75, 3.05) is 33.7 Å². The minimum absolute atomic E-state index is 0.0165. The van der Waals surface area contributed by atoms with Gasteiger partial charge in [0.15, 0.2) is 5.96 Å².